The highest BCUT2D eigenvalue weighted by Crippen LogP contribution is 2.31. The average Bonchev–Trinajstić information content (AvgIpc) is 3.33. The van der Waals surface area contributed by atoms with Gasteiger partial charge < -0.3 is 10.1 Å². The summed E-state index contributed by atoms with van der Waals surface area (Å²) in [6, 6.07) is 12.2. The first kappa shape index (κ1) is 21.0. The van der Waals surface area contributed by atoms with Gasteiger partial charge in [-0.15, -0.1) is 0 Å². The van der Waals surface area contributed by atoms with Gasteiger partial charge in [-0.25, -0.2) is 4.68 Å². The van der Waals surface area contributed by atoms with Crippen LogP contribution in [0, 0.1) is 6.92 Å². The fourth-order valence-corrected chi connectivity index (χ4v) is 3.71. The van der Waals surface area contributed by atoms with E-state index in [1.54, 1.807) is 19.9 Å². The Labute approximate surface area is 177 Å². The molecule has 0 saturated heterocycles. The summed E-state index contributed by atoms with van der Waals surface area (Å²) in [6.07, 6.45) is -2.09. The first-order valence-electron chi connectivity index (χ1n) is 10.0. The molecule has 3 aromatic rings. The smallest absolute Gasteiger partial charge is 0.416 e. The third-order valence-electron chi connectivity index (χ3n) is 5.25. The van der Waals surface area contributed by atoms with Gasteiger partial charge in [0, 0.05) is 6.07 Å². The Morgan fingerprint density at radius 1 is 1.13 bits per heavy atom. The summed E-state index contributed by atoms with van der Waals surface area (Å²) >= 11 is 0. The fraction of sp³-hybridized carbons (Fsp3) is 0.304. The van der Waals surface area contributed by atoms with Crippen molar-refractivity contribution in [1.82, 2.24) is 9.78 Å². The summed E-state index contributed by atoms with van der Waals surface area (Å²) in [5.74, 6) is 0.464. The zero-order chi connectivity index (χ0) is 22.2. The summed E-state index contributed by atoms with van der Waals surface area (Å²) in [5.41, 5.74) is 2.52. The lowest BCUT2D eigenvalue weighted by atomic mass is 10.1. The molecule has 1 amide bonds. The molecule has 1 atom stereocenters. The van der Waals surface area contributed by atoms with Crippen LogP contribution in [0.4, 0.5) is 19.0 Å². The maximum absolute atomic E-state index is 13.1. The molecular formula is C23H22F3N3O2. The van der Waals surface area contributed by atoms with Crippen LogP contribution in [-0.4, -0.2) is 21.8 Å². The van der Waals surface area contributed by atoms with E-state index in [-0.39, 0.29) is 11.5 Å². The van der Waals surface area contributed by atoms with Crippen LogP contribution < -0.4 is 10.1 Å². The number of ether oxygens (including phenoxy) is 1. The minimum Gasteiger partial charge on any atom is -0.481 e. The van der Waals surface area contributed by atoms with Crippen molar-refractivity contribution in [3.8, 4) is 11.4 Å². The molecule has 1 N–H and O–H groups in total. The van der Waals surface area contributed by atoms with E-state index in [9.17, 15) is 18.0 Å². The molecule has 31 heavy (non-hydrogen) atoms. The number of aromatic nitrogens is 2. The number of nitrogens with one attached hydrogen (secondary N) is 1. The number of hydrogen-bond donors (Lipinski definition) is 1. The van der Waals surface area contributed by atoms with Crippen LogP contribution in [0.5, 0.6) is 5.75 Å². The van der Waals surface area contributed by atoms with E-state index in [2.05, 4.69) is 10.4 Å². The second kappa shape index (κ2) is 8.09. The highest BCUT2D eigenvalue weighted by molar-refractivity contribution is 5.93. The van der Waals surface area contributed by atoms with Crippen LogP contribution in [0.15, 0.2) is 48.5 Å². The molecule has 8 heteroatoms. The number of rotatable bonds is 5. The molecule has 5 nitrogen and oxygen atoms in total. The maximum Gasteiger partial charge on any atom is 0.416 e. The zero-order valence-corrected chi connectivity index (χ0v) is 17.2. The maximum atomic E-state index is 13.1. The number of anilines is 1. The monoisotopic (exact) mass is 429 g/mol. The van der Waals surface area contributed by atoms with Gasteiger partial charge in [0.25, 0.3) is 5.91 Å². The third-order valence-corrected chi connectivity index (χ3v) is 5.25. The first-order valence-corrected chi connectivity index (χ1v) is 10.0. The number of nitrogens with zero attached hydrogens (tertiary/aromatic N) is 2. The zero-order valence-electron chi connectivity index (χ0n) is 17.2. The second-order valence-electron chi connectivity index (χ2n) is 7.66. The van der Waals surface area contributed by atoms with Crippen molar-refractivity contribution in [2.45, 2.75) is 45.4 Å². The van der Waals surface area contributed by atoms with Crippen molar-refractivity contribution in [2.24, 2.45) is 0 Å². The fourth-order valence-electron chi connectivity index (χ4n) is 3.71. The Morgan fingerprint density at radius 2 is 1.90 bits per heavy atom. The normalized spacial score (nSPS) is 14.2. The minimum absolute atomic E-state index is 0.199. The van der Waals surface area contributed by atoms with Crippen molar-refractivity contribution in [1.29, 1.82) is 0 Å². The third kappa shape index (κ3) is 4.57. The Morgan fingerprint density at radius 3 is 2.68 bits per heavy atom. The lowest BCUT2D eigenvalue weighted by molar-refractivity contribution is -0.137. The van der Waals surface area contributed by atoms with Gasteiger partial charge in [-0.05, 0) is 74.6 Å². The molecule has 0 bridgehead atoms. The molecule has 2 aromatic carbocycles. The van der Waals surface area contributed by atoms with Gasteiger partial charge in [-0.2, -0.15) is 18.3 Å². The molecule has 1 unspecified atom stereocenters. The number of fused-ring (bicyclic) bond motifs is 1. The predicted molar refractivity (Wildman–Crippen MR) is 110 cm³/mol. The number of benzene rings is 2. The predicted octanol–water partition coefficient (Wildman–Crippen LogP) is 5.09. The lowest BCUT2D eigenvalue weighted by Crippen LogP contribution is -2.31. The summed E-state index contributed by atoms with van der Waals surface area (Å²) in [6.45, 7) is 3.32. The van der Waals surface area contributed by atoms with E-state index in [4.69, 9.17) is 4.74 Å². The highest BCUT2D eigenvalue weighted by atomic mass is 19.4. The molecule has 0 saturated carbocycles. The van der Waals surface area contributed by atoms with E-state index >= 15 is 0 Å². The molecule has 1 heterocycles. The van der Waals surface area contributed by atoms with Gasteiger partial charge in [0.2, 0.25) is 0 Å². The number of carbonyl (C=O) groups excluding carboxylic acids is 1. The average molecular weight is 429 g/mol. The highest BCUT2D eigenvalue weighted by Gasteiger charge is 2.31. The standard InChI is InChI=1S/C23H22F3N3O2/c1-14-11-21(29(28-14)19-8-4-7-18(13-19)23(24,25)26)27-22(30)15(2)31-20-10-9-16-5-3-6-17(16)12-20/h4,7-13,15H,3,5-6H2,1-2H3,(H,27,30). The summed E-state index contributed by atoms with van der Waals surface area (Å²) in [7, 11) is 0. The number of aryl methyl sites for hydroxylation is 3. The number of carbonyl (C=O) groups is 1. The quantitative estimate of drug-likeness (QED) is 0.614. The second-order valence-corrected chi connectivity index (χ2v) is 7.66. The number of amides is 1. The van der Waals surface area contributed by atoms with Crippen LogP contribution in [0.25, 0.3) is 5.69 Å². The molecule has 0 spiro atoms. The Balaban J connectivity index is 1.51. The van der Waals surface area contributed by atoms with Crippen molar-refractivity contribution >= 4 is 11.7 Å². The van der Waals surface area contributed by atoms with E-state index in [1.807, 2.05) is 18.2 Å². The molecule has 162 valence electrons. The molecule has 1 aliphatic rings. The SMILES string of the molecule is Cc1cc(NC(=O)C(C)Oc2ccc3c(c2)CCC3)n(-c2cccc(C(F)(F)F)c2)n1. The van der Waals surface area contributed by atoms with Gasteiger partial charge >= 0.3 is 6.18 Å². The van der Waals surface area contributed by atoms with Crippen LogP contribution in [0.2, 0.25) is 0 Å². The van der Waals surface area contributed by atoms with Crippen molar-refractivity contribution in [3.05, 3.63) is 70.9 Å². The first-order chi connectivity index (χ1) is 14.7. The van der Waals surface area contributed by atoms with Crippen molar-refractivity contribution in [2.75, 3.05) is 5.32 Å². The van der Waals surface area contributed by atoms with Gasteiger partial charge in [-0.3, -0.25) is 4.79 Å². The van der Waals surface area contributed by atoms with Crippen molar-refractivity contribution in [3.63, 3.8) is 0 Å². The molecular weight excluding hydrogens is 407 g/mol. The molecule has 0 radical (unpaired) electrons. The van der Waals surface area contributed by atoms with Crippen LogP contribution in [-0.2, 0) is 23.8 Å². The Bertz CT molecular complexity index is 1120. The number of halogens is 3. The molecule has 0 aliphatic heterocycles. The topological polar surface area (TPSA) is 56.1 Å². The van der Waals surface area contributed by atoms with Gasteiger partial charge in [0.1, 0.15) is 11.6 Å². The van der Waals surface area contributed by atoms with E-state index < -0.39 is 23.8 Å². The largest absolute Gasteiger partial charge is 0.481 e. The minimum atomic E-state index is -4.47. The van der Waals surface area contributed by atoms with Gasteiger partial charge in [0.15, 0.2) is 6.10 Å². The molecule has 4 rings (SSSR count). The van der Waals surface area contributed by atoms with E-state index in [0.717, 1.165) is 31.4 Å². The molecule has 1 aromatic heterocycles. The van der Waals surface area contributed by atoms with Gasteiger partial charge in [0.05, 0.1) is 16.9 Å². The Hall–Kier alpha value is -3.29. The summed E-state index contributed by atoms with van der Waals surface area (Å²) in [4.78, 5) is 12.7. The van der Waals surface area contributed by atoms with Crippen molar-refractivity contribution < 1.29 is 22.7 Å². The molecule has 0 fully saturated rings. The lowest BCUT2D eigenvalue weighted by Gasteiger charge is -2.16. The van der Waals surface area contributed by atoms with Crippen LogP contribution in [0.1, 0.15) is 35.7 Å². The van der Waals surface area contributed by atoms with E-state index in [1.165, 1.54) is 27.9 Å². The summed E-state index contributed by atoms with van der Waals surface area (Å²) < 4.78 is 46.3. The Kier molecular flexibility index (Phi) is 5.47. The van der Waals surface area contributed by atoms with Gasteiger partial charge in [-0.1, -0.05) is 12.1 Å². The summed E-state index contributed by atoms with van der Waals surface area (Å²) in [5, 5.41) is 6.95. The van der Waals surface area contributed by atoms with Crippen LogP contribution >= 0.6 is 0 Å². The van der Waals surface area contributed by atoms with Crippen LogP contribution in [0.3, 0.4) is 0 Å². The van der Waals surface area contributed by atoms with E-state index in [0.29, 0.717) is 11.4 Å². The molecule has 1 aliphatic carbocycles. The number of hydrogen-bond acceptors (Lipinski definition) is 3. The number of alkyl halides is 3.